The van der Waals surface area contributed by atoms with Gasteiger partial charge in [-0.15, -0.1) is 0 Å². The molecule has 2 N–H and O–H groups in total. The largest absolute Gasteiger partial charge is 0.468 e. The molecular formula is C15H27N3O3S. The van der Waals surface area contributed by atoms with E-state index in [1.165, 1.54) is 0 Å². The predicted octanol–water partition coefficient (Wildman–Crippen LogP) is 1.89. The molecule has 7 heteroatoms. The Labute approximate surface area is 133 Å². The second kappa shape index (κ2) is 8.10. The van der Waals surface area contributed by atoms with Crippen LogP contribution in [-0.2, 0) is 10.2 Å². The van der Waals surface area contributed by atoms with Crippen molar-refractivity contribution in [3.05, 3.63) is 24.2 Å². The maximum atomic E-state index is 11.9. The Hall–Kier alpha value is -0.890. The second-order valence-corrected chi connectivity index (χ2v) is 7.58. The lowest BCUT2D eigenvalue weighted by atomic mass is 9.97. The molecule has 1 saturated heterocycles. The van der Waals surface area contributed by atoms with Crippen molar-refractivity contribution >= 4 is 10.2 Å². The van der Waals surface area contributed by atoms with Gasteiger partial charge in [-0.05, 0) is 50.4 Å². The maximum absolute atomic E-state index is 11.9. The van der Waals surface area contributed by atoms with Crippen molar-refractivity contribution in [3.8, 4) is 0 Å². The lowest BCUT2D eigenvalue weighted by Gasteiger charge is -2.35. The number of likely N-dealkylation sites (tertiary alicyclic amines) is 1. The quantitative estimate of drug-likeness (QED) is 0.764. The lowest BCUT2D eigenvalue weighted by Crippen LogP contribution is -2.44. The van der Waals surface area contributed by atoms with Crippen LogP contribution in [0.4, 0.5) is 0 Å². The van der Waals surface area contributed by atoms with Gasteiger partial charge in [0.15, 0.2) is 0 Å². The first-order valence-corrected chi connectivity index (χ1v) is 9.52. The molecule has 1 aromatic rings. The summed E-state index contributed by atoms with van der Waals surface area (Å²) in [6.07, 6.45) is 4.68. The van der Waals surface area contributed by atoms with Gasteiger partial charge in [0.2, 0.25) is 0 Å². The highest BCUT2D eigenvalue weighted by molar-refractivity contribution is 7.87. The van der Waals surface area contributed by atoms with Crippen LogP contribution in [0.3, 0.4) is 0 Å². The molecule has 22 heavy (non-hydrogen) atoms. The molecule has 0 aliphatic carbocycles. The Morgan fingerprint density at radius 3 is 2.68 bits per heavy atom. The summed E-state index contributed by atoms with van der Waals surface area (Å²) < 4.78 is 34.6. The summed E-state index contributed by atoms with van der Waals surface area (Å²) >= 11 is 0. The molecule has 1 aliphatic rings. The topological polar surface area (TPSA) is 74.6 Å². The van der Waals surface area contributed by atoms with E-state index < -0.39 is 10.2 Å². The molecule has 1 fully saturated rings. The van der Waals surface area contributed by atoms with Gasteiger partial charge < -0.3 is 4.42 Å². The predicted molar refractivity (Wildman–Crippen MR) is 86.6 cm³/mol. The first-order valence-electron chi connectivity index (χ1n) is 8.03. The van der Waals surface area contributed by atoms with Crippen LogP contribution < -0.4 is 9.44 Å². The Morgan fingerprint density at radius 1 is 1.36 bits per heavy atom. The number of furan rings is 1. The van der Waals surface area contributed by atoms with E-state index in [-0.39, 0.29) is 6.04 Å². The summed E-state index contributed by atoms with van der Waals surface area (Å²) in [6, 6.07) is 3.70. The fourth-order valence-corrected chi connectivity index (χ4v) is 3.66. The number of nitrogens with zero attached hydrogens (tertiary/aromatic N) is 1. The summed E-state index contributed by atoms with van der Waals surface area (Å²) in [5.41, 5.74) is 0. The van der Waals surface area contributed by atoms with Gasteiger partial charge >= 0.3 is 0 Å². The first-order chi connectivity index (χ1) is 10.5. The van der Waals surface area contributed by atoms with E-state index in [0.29, 0.717) is 13.1 Å². The summed E-state index contributed by atoms with van der Waals surface area (Å²) in [7, 11) is -3.45. The van der Waals surface area contributed by atoms with Crippen molar-refractivity contribution in [2.75, 3.05) is 26.2 Å². The minimum atomic E-state index is -3.45. The molecule has 1 unspecified atom stereocenters. The lowest BCUT2D eigenvalue weighted by molar-refractivity contribution is 0.124. The molecule has 126 valence electrons. The summed E-state index contributed by atoms with van der Waals surface area (Å²) in [4.78, 5) is 2.31. The van der Waals surface area contributed by atoms with E-state index in [4.69, 9.17) is 4.42 Å². The van der Waals surface area contributed by atoms with Crippen LogP contribution >= 0.6 is 0 Å². The highest BCUT2D eigenvalue weighted by Gasteiger charge is 2.27. The van der Waals surface area contributed by atoms with Crippen molar-refractivity contribution in [2.45, 2.75) is 39.2 Å². The Bertz CT molecular complexity index is 522. The Balaban J connectivity index is 2.00. The van der Waals surface area contributed by atoms with Gasteiger partial charge in [0.1, 0.15) is 5.76 Å². The third-order valence-electron chi connectivity index (χ3n) is 4.14. The molecule has 0 bridgehead atoms. The number of hydrogen-bond acceptors (Lipinski definition) is 4. The van der Waals surface area contributed by atoms with Gasteiger partial charge in [-0.25, -0.2) is 9.44 Å². The third kappa shape index (κ3) is 5.08. The maximum Gasteiger partial charge on any atom is 0.276 e. The van der Waals surface area contributed by atoms with Crippen LogP contribution in [0.2, 0.25) is 0 Å². The third-order valence-corrected chi connectivity index (χ3v) is 5.27. The van der Waals surface area contributed by atoms with Crippen LogP contribution in [0.15, 0.2) is 22.8 Å². The van der Waals surface area contributed by atoms with Crippen molar-refractivity contribution in [1.82, 2.24) is 14.3 Å². The molecule has 0 aromatic carbocycles. The van der Waals surface area contributed by atoms with Crippen LogP contribution in [0, 0.1) is 5.92 Å². The Kier molecular flexibility index (Phi) is 6.43. The van der Waals surface area contributed by atoms with E-state index in [1.54, 1.807) is 6.26 Å². The van der Waals surface area contributed by atoms with E-state index in [1.807, 2.05) is 19.1 Å². The molecular weight excluding hydrogens is 302 g/mol. The zero-order valence-electron chi connectivity index (χ0n) is 13.4. The molecule has 6 nitrogen and oxygen atoms in total. The SMILES string of the molecule is CCCNS(=O)(=O)NCC(c1ccco1)N1CCC(C)CC1. The van der Waals surface area contributed by atoms with Crippen LogP contribution in [0.25, 0.3) is 0 Å². The van der Waals surface area contributed by atoms with E-state index in [0.717, 1.165) is 44.0 Å². The zero-order valence-corrected chi connectivity index (χ0v) is 14.2. The average molecular weight is 329 g/mol. The van der Waals surface area contributed by atoms with Gasteiger partial charge in [-0.3, -0.25) is 4.90 Å². The van der Waals surface area contributed by atoms with Crippen molar-refractivity contribution in [2.24, 2.45) is 5.92 Å². The standard InChI is InChI=1S/C15H27N3O3S/c1-3-8-16-22(19,20)17-12-14(15-5-4-11-21-15)18-9-6-13(2)7-10-18/h4-5,11,13-14,16-17H,3,6-10,12H2,1-2H3. The van der Waals surface area contributed by atoms with Crippen LogP contribution in [-0.4, -0.2) is 39.5 Å². The van der Waals surface area contributed by atoms with E-state index in [9.17, 15) is 8.42 Å². The molecule has 1 atom stereocenters. The molecule has 0 amide bonds. The summed E-state index contributed by atoms with van der Waals surface area (Å²) in [5, 5.41) is 0. The van der Waals surface area contributed by atoms with Gasteiger partial charge in [0.25, 0.3) is 10.2 Å². The molecule has 1 aliphatic heterocycles. The van der Waals surface area contributed by atoms with Crippen LogP contribution in [0.1, 0.15) is 44.9 Å². The van der Waals surface area contributed by atoms with Crippen molar-refractivity contribution in [1.29, 1.82) is 0 Å². The number of piperidine rings is 1. The Morgan fingerprint density at radius 2 is 2.09 bits per heavy atom. The number of rotatable bonds is 8. The molecule has 1 aromatic heterocycles. The molecule has 0 saturated carbocycles. The minimum Gasteiger partial charge on any atom is -0.468 e. The smallest absolute Gasteiger partial charge is 0.276 e. The van der Waals surface area contributed by atoms with Gasteiger partial charge in [-0.1, -0.05) is 13.8 Å². The zero-order chi connectivity index (χ0) is 16.0. The van der Waals surface area contributed by atoms with E-state index >= 15 is 0 Å². The second-order valence-electron chi connectivity index (χ2n) is 6.00. The normalized spacial score (nSPS) is 19.4. The average Bonchev–Trinajstić information content (AvgIpc) is 3.01. The van der Waals surface area contributed by atoms with Crippen molar-refractivity contribution in [3.63, 3.8) is 0 Å². The fraction of sp³-hybridized carbons (Fsp3) is 0.733. The van der Waals surface area contributed by atoms with Crippen molar-refractivity contribution < 1.29 is 12.8 Å². The summed E-state index contributed by atoms with van der Waals surface area (Å²) in [6.45, 7) is 6.90. The van der Waals surface area contributed by atoms with Crippen LogP contribution in [0.5, 0.6) is 0 Å². The van der Waals surface area contributed by atoms with E-state index in [2.05, 4.69) is 21.3 Å². The van der Waals surface area contributed by atoms with Gasteiger partial charge in [0, 0.05) is 13.1 Å². The fourth-order valence-electron chi connectivity index (χ4n) is 2.71. The number of nitrogens with one attached hydrogen (secondary N) is 2. The highest BCUT2D eigenvalue weighted by Crippen LogP contribution is 2.26. The van der Waals surface area contributed by atoms with Gasteiger partial charge in [0.05, 0.1) is 12.3 Å². The highest BCUT2D eigenvalue weighted by atomic mass is 32.2. The summed E-state index contributed by atoms with van der Waals surface area (Å²) in [5.74, 6) is 1.55. The molecule has 2 heterocycles. The number of hydrogen-bond donors (Lipinski definition) is 2. The monoisotopic (exact) mass is 329 g/mol. The minimum absolute atomic E-state index is 0.0549. The van der Waals surface area contributed by atoms with Gasteiger partial charge in [-0.2, -0.15) is 8.42 Å². The molecule has 2 rings (SSSR count). The molecule has 0 spiro atoms. The molecule has 0 radical (unpaired) electrons. The first kappa shape index (κ1) is 17.5.